The Labute approximate surface area is 525 Å². The van der Waals surface area contributed by atoms with Crippen LogP contribution in [0.15, 0.2) is 334 Å². The van der Waals surface area contributed by atoms with Gasteiger partial charge in [-0.05, 0) is 163 Å². The fraction of sp³-hybridized carbons (Fsp3) is 0. The predicted molar refractivity (Wildman–Crippen MR) is 381 cm³/mol. The molecular formula is C84H55N7. The van der Waals surface area contributed by atoms with E-state index < -0.39 is 0 Å². The molecule has 7 heteroatoms. The Kier molecular flexibility index (Phi) is 11.2. The number of para-hydroxylation sites is 15. The number of rotatable bonds is 6. The molecule has 0 fully saturated rings. The second kappa shape index (κ2) is 20.1. The standard InChI is InChI=1S/C84H55N7/c1-3-25-58(26-4-1)86-74-39-14-16-41-76(74)89(82-47-22-33-66-65-32-9-12-37-71(65)90(83(66)82)79-44-19-17-42-77(79)86)62-29-21-24-56(54-62)57-48-53-72-68(55-57)67-34-23-46-81-84(67)91(72)80-45-20-18-43-78(80)87(73-38-13-15-40-75(73)88(81)59-27-5-2-6-28-59)61-51-49-60(50-52-61)85-69-35-10-7-30-63(69)64-31-8-11-36-70(64)85/h1-55H. The maximum Gasteiger partial charge on any atom is 0.0783 e. The number of hydrogen-bond acceptors (Lipinski definition) is 4. The van der Waals surface area contributed by atoms with Gasteiger partial charge in [0.1, 0.15) is 0 Å². The van der Waals surface area contributed by atoms with Gasteiger partial charge in [-0.3, -0.25) is 0 Å². The van der Waals surface area contributed by atoms with Crippen LogP contribution in [-0.2, 0) is 0 Å². The summed E-state index contributed by atoms with van der Waals surface area (Å²) < 4.78 is 7.40. The number of nitrogens with zero attached hydrogens (tertiary/aromatic N) is 7. The SMILES string of the molecule is c1ccc(N2c3ccccc3N(c3cccc(-c4ccc5c(c4)c4cccc6c4n5-c4ccccc4N(c4ccc(-n5c7ccccc7c7ccccc75)cc4)c4ccccc4N6c4ccccc4)c3)c3cccc4c5ccccc5n(c34)-c3ccccc32)cc1. The lowest BCUT2D eigenvalue weighted by molar-refractivity contribution is 1.15. The molecule has 7 nitrogen and oxygen atoms in total. The average Bonchev–Trinajstić information content (AvgIpc) is 1.61. The van der Waals surface area contributed by atoms with E-state index in [1.165, 1.54) is 32.6 Å². The van der Waals surface area contributed by atoms with Gasteiger partial charge in [-0.25, -0.2) is 0 Å². The highest BCUT2D eigenvalue weighted by molar-refractivity contribution is 6.18. The molecule has 0 N–H and O–H groups in total. The molecule has 3 aromatic heterocycles. The van der Waals surface area contributed by atoms with Crippen molar-refractivity contribution in [2.24, 2.45) is 0 Å². The van der Waals surface area contributed by atoms with E-state index in [-0.39, 0.29) is 0 Å². The summed E-state index contributed by atoms with van der Waals surface area (Å²) in [6.45, 7) is 0. The molecule has 0 saturated carbocycles. The van der Waals surface area contributed by atoms with E-state index in [9.17, 15) is 0 Å². The molecule has 0 aliphatic carbocycles. The fourth-order valence-electron chi connectivity index (χ4n) is 15.0. The van der Waals surface area contributed by atoms with Crippen molar-refractivity contribution in [2.75, 3.05) is 19.6 Å². The summed E-state index contributed by atoms with van der Waals surface area (Å²) in [5, 5.41) is 7.22. The molecule has 91 heavy (non-hydrogen) atoms. The molecule has 17 aromatic rings. The van der Waals surface area contributed by atoms with Crippen molar-refractivity contribution < 1.29 is 0 Å². The topological polar surface area (TPSA) is 27.8 Å². The van der Waals surface area contributed by atoms with Gasteiger partial charge in [-0.15, -0.1) is 0 Å². The summed E-state index contributed by atoms with van der Waals surface area (Å²) in [5.41, 5.74) is 25.3. The minimum absolute atomic E-state index is 1.05. The quantitative estimate of drug-likeness (QED) is 0.166. The van der Waals surface area contributed by atoms with Crippen molar-refractivity contribution in [3.8, 4) is 28.2 Å². The van der Waals surface area contributed by atoms with Crippen LogP contribution in [0.25, 0.3) is 93.6 Å². The number of fused-ring (bicyclic) bond motifs is 15. The van der Waals surface area contributed by atoms with Crippen molar-refractivity contribution in [3.05, 3.63) is 334 Å². The zero-order valence-electron chi connectivity index (χ0n) is 49.4. The monoisotopic (exact) mass is 1160 g/mol. The van der Waals surface area contributed by atoms with Crippen LogP contribution in [0.3, 0.4) is 0 Å². The van der Waals surface area contributed by atoms with Gasteiger partial charge in [0.2, 0.25) is 0 Å². The molecule has 0 atom stereocenters. The molecule has 14 aromatic carbocycles. The van der Waals surface area contributed by atoms with Crippen LogP contribution in [0.4, 0.5) is 68.2 Å². The third-order valence-electron chi connectivity index (χ3n) is 18.8. The largest absolute Gasteiger partial charge is 0.309 e. The summed E-state index contributed by atoms with van der Waals surface area (Å²) in [5.74, 6) is 0. The smallest absolute Gasteiger partial charge is 0.0783 e. The van der Waals surface area contributed by atoms with Gasteiger partial charge in [-0.2, -0.15) is 0 Å². The number of aromatic nitrogens is 3. The molecule has 0 unspecified atom stereocenters. The van der Waals surface area contributed by atoms with Crippen LogP contribution in [0, 0.1) is 0 Å². The first kappa shape index (κ1) is 50.8. The summed E-state index contributed by atoms with van der Waals surface area (Å²) in [4.78, 5) is 9.85. The third-order valence-corrected chi connectivity index (χ3v) is 18.8. The zero-order valence-corrected chi connectivity index (χ0v) is 49.4. The van der Waals surface area contributed by atoms with Crippen LogP contribution < -0.4 is 19.6 Å². The first-order valence-corrected chi connectivity index (χ1v) is 31.2. The molecule has 5 heterocycles. The Balaban J connectivity index is 0.818. The van der Waals surface area contributed by atoms with Gasteiger partial charge < -0.3 is 33.3 Å². The predicted octanol–water partition coefficient (Wildman–Crippen LogP) is 23.2. The first-order chi connectivity index (χ1) is 45.2. The van der Waals surface area contributed by atoms with E-state index in [2.05, 4.69) is 367 Å². The lowest BCUT2D eigenvalue weighted by atomic mass is 10.0. The van der Waals surface area contributed by atoms with Crippen LogP contribution >= 0.6 is 0 Å². The molecule has 19 rings (SSSR count). The number of hydrogen-bond donors (Lipinski definition) is 0. The van der Waals surface area contributed by atoms with E-state index in [1.54, 1.807) is 0 Å². The van der Waals surface area contributed by atoms with Crippen LogP contribution in [0.5, 0.6) is 0 Å². The summed E-state index contributed by atoms with van der Waals surface area (Å²) in [6, 6.07) is 123. The Morgan fingerprint density at radius 3 is 0.967 bits per heavy atom. The van der Waals surface area contributed by atoms with Gasteiger partial charge in [0.05, 0.1) is 90.0 Å². The Morgan fingerprint density at radius 1 is 0.154 bits per heavy atom. The fourth-order valence-corrected chi connectivity index (χ4v) is 15.0. The second-order valence-corrected chi connectivity index (χ2v) is 23.7. The van der Waals surface area contributed by atoms with E-state index >= 15 is 0 Å². The van der Waals surface area contributed by atoms with Crippen LogP contribution in [0.1, 0.15) is 0 Å². The highest BCUT2D eigenvalue weighted by Crippen LogP contribution is 2.55. The average molecular weight is 1160 g/mol. The van der Waals surface area contributed by atoms with Crippen molar-refractivity contribution in [3.63, 3.8) is 0 Å². The lowest BCUT2D eigenvalue weighted by Gasteiger charge is -2.32. The zero-order chi connectivity index (χ0) is 59.7. The first-order valence-electron chi connectivity index (χ1n) is 31.2. The number of benzene rings is 14. The molecule has 2 aliphatic heterocycles. The molecule has 2 aliphatic rings. The number of anilines is 12. The molecule has 0 saturated heterocycles. The Morgan fingerprint density at radius 2 is 0.462 bits per heavy atom. The van der Waals surface area contributed by atoms with Crippen LogP contribution in [-0.4, -0.2) is 13.7 Å². The van der Waals surface area contributed by atoms with Crippen molar-refractivity contribution in [1.82, 2.24) is 13.7 Å². The van der Waals surface area contributed by atoms with Gasteiger partial charge in [0, 0.05) is 60.8 Å². The summed E-state index contributed by atoms with van der Waals surface area (Å²) in [7, 11) is 0. The van der Waals surface area contributed by atoms with Crippen LogP contribution in [0.2, 0.25) is 0 Å². The van der Waals surface area contributed by atoms with E-state index in [4.69, 9.17) is 0 Å². The Hall–Kier alpha value is -12.3. The Bertz CT molecular complexity index is 5710. The minimum Gasteiger partial charge on any atom is -0.309 e. The van der Waals surface area contributed by atoms with Gasteiger partial charge in [0.15, 0.2) is 0 Å². The highest BCUT2D eigenvalue weighted by atomic mass is 15.3. The molecule has 0 bridgehead atoms. The van der Waals surface area contributed by atoms with Crippen molar-refractivity contribution in [1.29, 1.82) is 0 Å². The van der Waals surface area contributed by atoms with Gasteiger partial charge in [-0.1, -0.05) is 182 Å². The molecule has 0 amide bonds. The highest BCUT2D eigenvalue weighted by Gasteiger charge is 2.33. The van der Waals surface area contributed by atoms with Crippen molar-refractivity contribution in [2.45, 2.75) is 0 Å². The second-order valence-electron chi connectivity index (χ2n) is 23.7. The molecule has 426 valence electrons. The maximum atomic E-state index is 2.52. The van der Waals surface area contributed by atoms with Crippen molar-refractivity contribution >= 4 is 134 Å². The molecule has 0 spiro atoms. The minimum atomic E-state index is 1.05. The summed E-state index contributed by atoms with van der Waals surface area (Å²) in [6.07, 6.45) is 0. The maximum absolute atomic E-state index is 2.52. The third kappa shape index (κ3) is 7.62. The van der Waals surface area contributed by atoms with E-state index in [0.717, 1.165) is 129 Å². The molecular weight excluding hydrogens is 1110 g/mol. The summed E-state index contributed by atoms with van der Waals surface area (Å²) >= 11 is 0. The van der Waals surface area contributed by atoms with E-state index in [1.807, 2.05) is 0 Å². The lowest BCUT2D eigenvalue weighted by Crippen LogP contribution is -2.16. The molecule has 0 radical (unpaired) electrons. The van der Waals surface area contributed by atoms with E-state index in [0.29, 0.717) is 0 Å². The normalized spacial score (nSPS) is 12.7. The van der Waals surface area contributed by atoms with Gasteiger partial charge in [0.25, 0.3) is 0 Å². The van der Waals surface area contributed by atoms with Gasteiger partial charge >= 0.3 is 0 Å².